The van der Waals surface area contributed by atoms with Crippen LogP contribution in [-0.2, 0) is 25.0 Å². The maximum absolute atomic E-state index is 13.5. The van der Waals surface area contributed by atoms with Crippen LogP contribution in [0.3, 0.4) is 0 Å². The molecule has 1 amide bonds. The number of nitrogens with one attached hydrogen (secondary N) is 3. The maximum atomic E-state index is 13.5. The number of aromatic nitrogens is 2. The molecule has 22 heteroatoms. The molecule has 0 aliphatic carbocycles. The molecule has 1 aliphatic heterocycles. The molecule has 1 aliphatic rings. The zero-order valence-corrected chi connectivity index (χ0v) is 31.8. The summed E-state index contributed by atoms with van der Waals surface area (Å²) in [6.45, 7) is 0. The zero-order valence-electron chi connectivity index (χ0n) is 23.9. The number of hydrogen-bond acceptors (Lipinski definition) is 10. The molecule has 0 saturated carbocycles. The molecule has 0 radical (unpaired) electrons. The monoisotopic (exact) mass is 710 g/mol. The van der Waals surface area contributed by atoms with E-state index in [1.807, 2.05) is 0 Å². The minimum absolute atomic E-state index is 0. The van der Waals surface area contributed by atoms with Gasteiger partial charge in [0.25, 0.3) is 31.7 Å². The fraction of sp³-hybridized carbons (Fsp3) is 0.0870. The molecular formula is C23H20K2N8O10S2. The average molecular weight is 711 g/mol. The second kappa shape index (κ2) is 15.2. The summed E-state index contributed by atoms with van der Waals surface area (Å²) in [5, 5.41) is 34.9. The number of aliphatic imine (C=N–C) groups is 2. The van der Waals surface area contributed by atoms with Crippen molar-refractivity contribution < 1.29 is 144 Å². The number of carbonyl (C=O) groups excluding carboxylic acids is 1. The van der Waals surface area contributed by atoms with Crippen molar-refractivity contribution in [1.82, 2.24) is 15.2 Å². The Morgan fingerprint density at radius 3 is 1.87 bits per heavy atom. The van der Waals surface area contributed by atoms with Gasteiger partial charge in [0.2, 0.25) is 0 Å². The Labute approximate surface area is 340 Å². The molecule has 1 fully saturated rings. The Morgan fingerprint density at radius 1 is 0.933 bits per heavy atom. The van der Waals surface area contributed by atoms with Gasteiger partial charge in [-0.05, 0) is 54.6 Å². The van der Waals surface area contributed by atoms with E-state index in [4.69, 9.17) is 5.41 Å². The summed E-state index contributed by atoms with van der Waals surface area (Å²) in [7, 11) is -6.79. The summed E-state index contributed by atoms with van der Waals surface area (Å²) >= 11 is 0. The molecule has 0 spiro atoms. The van der Waals surface area contributed by atoms with Crippen LogP contribution in [0.15, 0.2) is 78.7 Å². The maximum Gasteiger partial charge on any atom is 1.00 e. The van der Waals surface area contributed by atoms with E-state index in [1.54, 1.807) is 0 Å². The van der Waals surface area contributed by atoms with E-state index in [9.17, 15) is 45.7 Å². The number of amides is 1. The van der Waals surface area contributed by atoms with Gasteiger partial charge in [0.05, 0.1) is 44.3 Å². The molecule has 1 saturated heterocycles. The van der Waals surface area contributed by atoms with Crippen molar-refractivity contribution in [3.05, 3.63) is 70.0 Å². The summed E-state index contributed by atoms with van der Waals surface area (Å²) in [4.78, 5) is 33.9. The van der Waals surface area contributed by atoms with E-state index in [2.05, 4.69) is 20.5 Å². The van der Waals surface area contributed by atoms with Crippen LogP contribution in [0.25, 0.3) is 11.8 Å². The minimum Gasteiger partial charge on any atom is -0.846 e. The van der Waals surface area contributed by atoms with E-state index in [1.165, 1.54) is 12.1 Å². The van der Waals surface area contributed by atoms with E-state index in [0.29, 0.717) is 0 Å². The predicted octanol–water partition coefficient (Wildman–Crippen LogP) is -7.92. The molecule has 2 aromatic carbocycles. The summed E-state index contributed by atoms with van der Waals surface area (Å²) in [6, 6.07) is 6.41. The molecule has 0 atom stereocenters. The van der Waals surface area contributed by atoms with Crippen LogP contribution in [0.4, 0.5) is 11.5 Å². The quantitative estimate of drug-likeness (QED) is 0.0525. The van der Waals surface area contributed by atoms with Gasteiger partial charge in [0.1, 0.15) is 5.82 Å². The van der Waals surface area contributed by atoms with Gasteiger partial charge in [-0.25, -0.2) is 14.7 Å². The number of benzene rings is 2. The van der Waals surface area contributed by atoms with E-state index in [0.717, 1.165) is 71.2 Å². The summed E-state index contributed by atoms with van der Waals surface area (Å²) in [5.74, 6) is -1.54. The fourth-order valence-corrected chi connectivity index (χ4v) is 4.73. The topological polar surface area (TPSA) is 277 Å². The van der Waals surface area contributed by atoms with Gasteiger partial charge < -0.3 is 15.1 Å². The molecule has 226 valence electrons. The van der Waals surface area contributed by atoms with Crippen molar-refractivity contribution >= 4 is 61.6 Å². The third-order valence-electron chi connectivity index (χ3n) is 5.93. The SMILES string of the molecule is CN=C([O-])N=C1NN(c2ccc(S(=O)(=O)O)cc2)C(=O)C1=Cc1c(N(C)C(=N)[O-])[nH]n(-c2ccc(S(=O)(=O)O)cc2)c1=O.[K+].[K+]. The second-order valence-corrected chi connectivity index (χ2v) is 11.4. The van der Waals surface area contributed by atoms with Crippen LogP contribution in [0.5, 0.6) is 0 Å². The Hall–Kier alpha value is -2.04. The Kier molecular flexibility index (Phi) is 13.3. The third kappa shape index (κ3) is 8.66. The molecular weight excluding hydrogens is 691 g/mol. The van der Waals surface area contributed by atoms with Gasteiger partial charge in [-0.3, -0.25) is 39.6 Å². The number of anilines is 2. The van der Waals surface area contributed by atoms with Crippen LogP contribution in [0, 0.1) is 5.41 Å². The molecule has 45 heavy (non-hydrogen) atoms. The third-order valence-corrected chi connectivity index (χ3v) is 7.66. The van der Waals surface area contributed by atoms with Crippen molar-refractivity contribution in [2.24, 2.45) is 9.98 Å². The molecule has 2 heterocycles. The number of nitrogens with zero attached hydrogens (tertiary/aromatic N) is 5. The number of carbonyl (C=O) groups is 1. The van der Waals surface area contributed by atoms with Crippen molar-refractivity contribution in [1.29, 1.82) is 5.41 Å². The first-order valence-electron chi connectivity index (χ1n) is 11.6. The van der Waals surface area contributed by atoms with E-state index >= 15 is 0 Å². The normalized spacial score (nSPS) is 15.4. The Morgan fingerprint density at radius 2 is 1.42 bits per heavy atom. The number of H-pyrrole nitrogens is 1. The van der Waals surface area contributed by atoms with Crippen LogP contribution in [-0.4, -0.2) is 73.6 Å². The van der Waals surface area contributed by atoms with Gasteiger partial charge in [-0.15, -0.1) is 0 Å². The predicted molar refractivity (Wildman–Crippen MR) is 148 cm³/mol. The van der Waals surface area contributed by atoms with Gasteiger partial charge >= 0.3 is 103 Å². The first-order valence-corrected chi connectivity index (χ1v) is 14.5. The molecule has 4 rings (SSSR count). The number of amidine groups is 3. The molecule has 0 unspecified atom stereocenters. The van der Waals surface area contributed by atoms with Crippen LogP contribution in [0.1, 0.15) is 5.56 Å². The largest absolute Gasteiger partial charge is 1.00 e. The molecule has 5 N–H and O–H groups in total. The van der Waals surface area contributed by atoms with E-state index in [-0.39, 0.29) is 137 Å². The van der Waals surface area contributed by atoms with Crippen molar-refractivity contribution in [2.45, 2.75) is 9.79 Å². The molecule has 18 nitrogen and oxygen atoms in total. The van der Waals surface area contributed by atoms with Gasteiger partial charge in [-0.1, -0.05) is 0 Å². The average Bonchev–Trinajstić information content (AvgIpc) is 3.43. The van der Waals surface area contributed by atoms with Gasteiger partial charge in [-0.2, -0.15) is 16.8 Å². The minimum atomic E-state index is -4.54. The first-order chi connectivity index (χ1) is 20.0. The van der Waals surface area contributed by atoms with Crippen LogP contribution >= 0.6 is 0 Å². The second-order valence-electron chi connectivity index (χ2n) is 8.59. The van der Waals surface area contributed by atoms with Gasteiger partial charge in [0, 0.05) is 14.1 Å². The van der Waals surface area contributed by atoms with Crippen molar-refractivity contribution in [2.75, 3.05) is 24.0 Å². The smallest absolute Gasteiger partial charge is 0.846 e. The first kappa shape index (κ1) is 39.1. The summed E-state index contributed by atoms with van der Waals surface area (Å²) in [5.41, 5.74) is 1.01. The van der Waals surface area contributed by atoms with Crippen LogP contribution < -0.4 is 134 Å². The zero-order chi connectivity index (χ0) is 31.9. The van der Waals surface area contributed by atoms with E-state index < -0.39 is 53.5 Å². The van der Waals surface area contributed by atoms with Crippen LogP contribution in [0.2, 0.25) is 0 Å². The van der Waals surface area contributed by atoms with Crippen molar-refractivity contribution in [3.63, 3.8) is 0 Å². The molecule has 0 bridgehead atoms. The summed E-state index contributed by atoms with van der Waals surface area (Å²) < 4.78 is 64.9. The number of aromatic amines is 1. The Balaban J connectivity index is 0.00000353. The van der Waals surface area contributed by atoms with Gasteiger partial charge in [0.15, 0.2) is 5.84 Å². The standard InChI is InChI=1S/C23H22N8O10S2.2K/c1-25-23(35)26-18-16(20(32)30(27-18)12-3-7-14(8-4-12)42(36,37)38)11-17-19(29(2)22(24)34)28-31(21(17)33)13-5-9-15(10-6-13)43(39,40)41;;/h3-11,28H,1-2H3,(H2,24,34)(H,36,37,38)(H,39,40,41)(H2,25,26,27,35);;/q;2*+1/p-2. The number of rotatable bonds is 6. The Bertz CT molecular complexity index is 2000. The summed E-state index contributed by atoms with van der Waals surface area (Å²) in [6.07, 6.45) is 0.986. The number of hydrazine groups is 1. The molecule has 1 aromatic heterocycles. The molecule has 3 aromatic rings. The van der Waals surface area contributed by atoms with Crippen molar-refractivity contribution in [3.8, 4) is 5.69 Å². The number of hydrogen-bond donors (Lipinski definition) is 5. The fourth-order valence-electron chi connectivity index (χ4n) is 3.77.